The van der Waals surface area contributed by atoms with Crippen LogP contribution >= 0.6 is 0 Å². The smallest absolute Gasteiger partial charge is 0.363 e. The number of hydrogen-bond donors (Lipinski definition) is 2. The molecule has 3 rings (SSSR count). The number of hydrazone groups is 1. The fourth-order valence-corrected chi connectivity index (χ4v) is 2.11. The first-order chi connectivity index (χ1) is 12.2. The van der Waals surface area contributed by atoms with E-state index in [9.17, 15) is 4.79 Å². The van der Waals surface area contributed by atoms with Crippen molar-refractivity contribution in [3.63, 3.8) is 0 Å². The monoisotopic (exact) mass is 335 g/mol. The topological polar surface area (TPSA) is 92.3 Å². The van der Waals surface area contributed by atoms with Gasteiger partial charge in [-0.25, -0.2) is 9.89 Å². The van der Waals surface area contributed by atoms with Crippen LogP contribution in [0.3, 0.4) is 0 Å². The van der Waals surface area contributed by atoms with Gasteiger partial charge in [-0.05, 0) is 24.6 Å². The molecule has 0 unspecified atom stereocenters. The van der Waals surface area contributed by atoms with Gasteiger partial charge in [0.1, 0.15) is 18.1 Å². The quantitative estimate of drug-likeness (QED) is 0.533. The summed E-state index contributed by atoms with van der Waals surface area (Å²) < 4.78 is 5.87. The van der Waals surface area contributed by atoms with Crippen molar-refractivity contribution in [2.45, 2.75) is 13.5 Å². The average molecular weight is 335 g/mol. The van der Waals surface area contributed by atoms with Crippen molar-refractivity contribution in [1.29, 1.82) is 0 Å². The van der Waals surface area contributed by atoms with E-state index in [1.54, 1.807) is 13.1 Å². The summed E-state index contributed by atoms with van der Waals surface area (Å²) in [6.07, 6.45) is 1.61. The molecule has 0 saturated heterocycles. The molecule has 3 aromatic rings. The predicted molar refractivity (Wildman–Crippen MR) is 95.8 cm³/mol. The van der Waals surface area contributed by atoms with Gasteiger partial charge in [0.15, 0.2) is 5.82 Å². The van der Waals surface area contributed by atoms with Gasteiger partial charge in [0.05, 0.1) is 6.21 Å². The van der Waals surface area contributed by atoms with Gasteiger partial charge in [0.25, 0.3) is 0 Å². The molecular formula is C18H17N5O2. The number of hydrogen-bond acceptors (Lipinski definition) is 6. The molecule has 0 aliphatic carbocycles. The van der Waals surface area contributed by atoms with Crippen molar-refractivity contribution < 1.29 is 4.74 Å². The first-order valence-electron chi connectivity index (χ1n) is 7.70. The number of benzene rings is 2. The van der Waals surface area contributed by atoms with Crippen LogP contribution in [0, 0.1) is 6.92 Å². The Hall–Kier alpha value is -3.48. The minimum absolute atomic E-state index is 0.308. The maximum absolute atomic E-state index is 11.2. The summed E-state index contributed by atoms with van der Waals surface area (Å²) in [5.74, 6) is 1.02. The molecule has 0 atom stereocenters. The van der Waals surface area contributed by atoms with Gasteiger partial charge in [-0.2, -0.15) is 15.2 Å². The highest BCUT2D eigenvalue weighted by Gasteiger charge is 2.03. The van der Waals surface area contributed by atoms with Crippen molar-refractivity contribution in [2.75, 3.05) is 5.43 Å². The van der Waals surface area contributed by atoms with E-state index in [4.69, 9.17) is 4.74 Å². The second kappa shape index (κ2) is 7.87. The van der Waals surface area contributed by atoms with Crippen molar-refractivity contribution in [3.05, 3.63) is 81.9 Å². The van der Waals surface area contributed by atoms with E-state index in [1.807, 2.05) is 54.6 Å². The van der Waals surface area contributed by atoms with E-state index in [0.717, 1.165) is 11.1 Å². The Morgan fingerprint density at radius 1 is 1.16 bits per heavy atom. The number of para-hydroxylation sites is 1. The van der Waals surface area contributed by atoms with E-state index >= 15 is 0 Å². The third kappa shape index (κ3) is 4.51. The van der Waals surface area contributed by atoms with Gasteiger partial charge in [-0.3, -0.25) is 5.43 Å². The number of ether oxygens (including phenoxy) is 1. The van der Waals surface area contributed by atoms with Crippen LogP contribution in [0.5, 0.6) is 5.75 Å². The van der Waals surface area contributed by atoms with Crippen molar-refractivity contribution >= 4 is 12.0 Å². The minimum Gasteiger partial charge on any atom is -0.488 e. The highest BCUT2D eigenvalue weighted by Crippen LogP contribution is 2.17. The molecule has 1 heterocycles. The maximum Gasteiger partial charge on any atom is 0.363 e. The molecule has 0 amide bonds. The van der Waals surface area contributed by atoms with Crippen LogP contribution in [0.15, 0.2) is 64.5 Å². The van der Waals surface area contributed by atoms with Gasteiger partial charge in [-0.1, -0.05) is 42.5 Å². The van der Waals surface area contributed by atoms with Crippen LogP contribution in [0.2, 0.25) is 0 Å². The Bertz CT molecular complexity index is 922. The normalized spacial score (nSPS) is 10.8. The first-order valence-corrected chi connectivity index (χ1v) is 7.70. The summed E-state index contributed by atoms with van der Waals surface area (Å²) in [6.45, 7) is 2.19. The minimum atomic E-state index is -0.533. The van der Waals surface area contributed by atoms with E-state index in [2.05, 4.69) is 25.7 Å². The average Bonchev–Trinajstić information content (AvgIpc) is 2.64. The SMILES string of the molecule is Cc1n[nH]c(=O)nc1N/N=C\c1ccccc1OCc1ccccc1. The first kappa shape index (κ1) is 16.4. The molecule has 0 saturated carbocycles. The Kier molecular flexibility index (Phi) is 5.16. The van der Waals surface area contributed by atoms with Crippen molar-refractivity contribution in [3.8, 4) is 5.75 Å². The lowest BCUT2D eigenvalue weighted by molar-refractivity contribution is 0.306. The number of anilines is 1. The lowest BCUT2D eigenvalue weighted by Gasteiger charge is -2.09. The van der Waals surface area contributed by atoms with E-state index < -0.39 is 5.69 Å². The van der Waals surface area contributed by atoms with Gasteiger partial charge in [-0.15, -0.1) is 0 Å². The van der Waals surface area contributed by atoms with Crippen LogP contribution in [-0.2, 0) is 6.61 Å². The third-order valence-electron chi connectivity index (χ3n) is 3.41. The fraction of sp³-hybridized carbons (Fsp3) is 0.111. The molecule has 2 aromatic carbocycles. The van der Waals surface area contributed by atoms with Crippen LogP contribution in [-0.4, -0.2) is 21.4 Å². The molecule has 1 aromatic heterocycles. The highest BCUT2D eigenvalue weighted by atomic mass is 16.5. The molecule has 2 N–H and O–H groups in total. The molecule has 0 aliphatic rings. The number of H-pyrrole nitrogens is 1. The number of aromatic nitrogens is 3. The van der Waals surface area contributed by atoms with E-state index in [0.29, 0.717) is 23.9 Å². The number of aryl methyl sites for hydroxylation is 1. The van der Waals surface area contributed by atoms with Crippen molar-refractivity contribution in [1.82, 2.24) is 15.2 Å². The number of rotatable bonds is 6. The van der Waals surface area contributed by atoms with Crippen LogP contribution in [0.1, 0.15) is 16.8 Å². The number of aromatic amines is 1. The second-order valence-corrected chi connectivity index (χ2v) is 5.26. The summed E-state index contributed by atoms with van der Waals surface area (Å²) in [6, 6.07) is 17.5. The maximum atomic E-state index is 11.2. The molecule has 7 heteroatoms. The van der Waals surface area contributed by atoms with Crippen molar-refractivity contribution in [2.24, 2.45) is 5.10 Å². The van der Waals surface area contributed by atoms with Crippen LogP contribution in [0.4, 0.5) is 5.82 Å². The fourth-order valence-electron chi connectivity index (χ4n) is 2.11. The summed E-state index contributed by atoms with van der Waals surface area (Å²) in [4.78, 5) is 15.0. The third-order valence-corrected chi connectivity index (χ3v) is 3.41. The molecule has 25 heavy (non-hydrogen) atoms. The summed E-state index contributed by atoms with van der Waals surface area (Å²) in [7, 11) is 0. The zero-order valence-corrected chi connectivity index (χ0v) is 13.6. The van der Waals surface area contributed by atoms with Crippen LogP contribution < -0.4 is 15.9 Å². The lowest BCUT2D eigenvalue weighted by Crippen LogP contribution is -2.15. The molecule has 0 aliphatic heterocycles. The lowest BCUT2D eigenvalue weighted by atomic mass is 10.2. The van der Waals surface area contributed by atoms with Crippen LogP contribution in [0.25, 0.3) is 0 Å². The molecule has 0 bridgehead atoms. The zero-order chi connectivity index (χ0) is 17.5. The summed E-state index contributed by atoms with van der Waals surface area (Å²) in [5, 5.41) is 10.2. The number of nitrogens with one attached hydrogen (secondary N) is 2. The molecular weight excluding hydrogens is 318 g/mol. The van der Waals surface area contributed by atoms with Gasteiger partial charge >= 0.3 is 5.69 Å². The Labute approximate surface area is 144 Å². The van der Waals surface area contributed by atoms with E-state index in [1.165, 1.54) is 0 Å². The predicted octanol–water partition coefficient (Wildman–Crippen LogP) is 2.50. The Balaban J connectivity index is 1.70. The van der Waals surface area contributed by atoms with Gasteiger partial charge < -0.3 is 4.74 Å². The van der Waals surface area contributed by atoms with E-state index in [-0.39, 0.29) is 0 Å². The Morgan fingerprint density at radius 2 is 1.92 bits per heavy atom. The second-order valence-electron chi connectivity index (χ2n) is 5.26. The van der Waals surface area contributed by atoms with Gasteiger partial charge in [0.2, 0.25) is 0 Å². The van der Waals surface area contributed by atoms with Gasteiger partial charge in [0, 0.05) is 5.56 Å². The Morgan fingerprint density at radius 3 is 2.76 bits per heavy atom. The summed E-state index contributed by atoms with van der Waals surface area (Å²) >= 11 is 0. The molecule has 126 valence electrons. The largest absolute Gasteiger partial charge is 0.488 e. The molecule has 0 spiro atoms. The highest BCUT2D eigenvalue weighted by molar-refractivity contribution is 5.83. The zero-order valence-electron chi connectivity index (χ0n) is 13.6. The number of nitrogens with zero attached hydrogens (tertiary/aromatic N) is 3. The standard InChI is InChI=1S/C18H17N5O2/c1-13-17(20-18(24)23-21-13)22-19-11-15-9-5-6-10-16(15)25-12-14-7-3-2-4-8-14/h2-11H,12H2,1H3,(H2,20,22,23,24)/b19-11-. The molecule has 0 fully saturated rings. The molecule has 7 nitrogen and oxygen atoms in total. The molecule has 0 radical (unpaired) electrons. The summed E-state index contributed by atoms with van der Waals surface area (Å²) in [5.41, 5.74) is 4.63.